The van der Waals surface area contributed by atoms with E-state index in [1.807, 2.05) is 91.0 Å². The molecule has 5 atom stereocenters. The molecule has 7 rings (SSSR count). The summed E-state index contributed by atoms with van der Waals surface area (Å²) in [5.41, 5.74) is 6.56. The number of nitrogens with zero attached hydrogens (tertiary/aromatic N) is 1. The fourth-order valence-corrected chi connectivity index (χ4v) is 7.18. The number of ether oxygens (including phenoxy) is 3. The van der Waals surface area contributed by atoms with Crippen LogP contribution in [0.15, 0.2) is 127 Å². The van der Waals surface area contributed by atoms with Gasteiger partial charge in [0.05, 0.1) is 25.4 Å². The monoisotopic (exact) mass is 713 g/mol. The predicted molar refractivity (Wildman–Crippen MR) is 205 cm³/mol. The van der Waals surface area contributed by atoms with E-state index in [0.717, 1.165) is 65.1 Å². The van der Waals surface area contributed by atoms with E-state index in [1.165, 1.54) is 0 Å². The lowest BCUT2D eigenvalue weighted by molar-refractivity contribution is -0.276. The summed E-state index contributed by atoms with van der Waals surface area (Å²) in [5, 5.41) is 25.4. The number of aliphatic hydroxyl groups is 2. The Morgan fingerprint density at radius 1 is 0.792 bits per heavy atom. The van der Waals surface area contributed by atoms with Crippen LogP contribution in [0, 0.1) is 5.92 Å². The standard InChI is InChI=1S/C44H47N3O6/c1-30-41(27-47-24-6-9-38(47)29-49)52-43(53-42(30)34-14-12-31(28-48)13-15-34)35-18-16-33(17-19-35)36-8-5-7-32(25-36)26-45-44(50)46-37-20-22-40(23-21-37)51-39-10-3-2-4-11-39/h2-5,7-8,10-23,25,30,38,41-43,48-49H,6,9,24,26-29H2,1H3,(H2,45,46,50). The van der Waals surface area contributed by atoms with Crippen molar-refractivity contribution in [3.8, 4) is 22.6 Å². The maximum atomic E-state index is 12.7. The van der Waals surface area contributed by atoms with Crippen molar-refractivity contribution in [2.75, 3.05) is 25.0 Å². The number of rotatable bonds is 12. The highest BCUT2D eigenvalue weighted by molar-refractivity contribution is 5.89. The second kappa shape index (κ2) is 17.2. The number of para-hydroxylation sites is 1. The van der Waals surface area contributed by atoms with Gasteiger partial charge in [-0.15, -0.1) is 0 Å². The van der Waals surface area contributed by atoms with Gasteiger partial charge in [0, 0.05) is 36.3 Å². The van der Waals surface area contributed by atoms with Crippen molar-refractivity contribution >= 4 is 11.7 Å². The molecule has 274 valence electrons. The summed E-state index contributed by atoms with van der Waals surface area (Å²) in [7, 11) is 0. The van der Waals surface area contributed by atoms with Crippen LogP contribution in [0.1, 0.15) is 54.4 Å². The van der Waals surface area contributed by atoms with Gasteiger partial charge in [-0.05, 0) is 89.7 Å². The molecule has 0 aromatic heterocycles. The van der Waals surface area contributed by atoms with Gasteiger partial charge in [-0.3, -0.25) is 4.90 Å². The Morgan fingerprint density at radius 3 is 2.26 bits per heavy atom. The first kappa shape index (κ1) is 36.3. The first-order valence-electron chi connectivity index (χ1n) is 18.4. The zero-order valence-electron chi connectivity index (χ0n) is 29.9. The Kier molecular flexibility index (Phi) is 11.8. The van der Waals surface area contributed by atoms with Crippen molar-refractivity contribution in [3.05, 3.63) is 150 Å². The minimum atomic E-state index is -0.565. The third-order valence-electron chi connectivity index (χ3n) is 10.2. The van der Waals surface area contributed by atoms with E-state index in [9.17, 15) is 15.0 Å². The van der Waals surface area contributed by atoms with Crippen molar-refractivity contribution in [3.63, 3.8) is 0 Å². The van der Waals surface area contributed by atoms with E-state index < -0.39 is 6.29 Å². The summed E-state index contributed by atoms with van der Waals surface area (Å²) in [6, 6.07) is 41.0. The number of benzene rings is 5. The SMILES string of the molecule is CC1C(CN2CCCC2CO)OC(c2ccc(-c3cccc(CNC(=O)Nc4ccc(Oc5ccccc5)cc4)c3)cc2)OC1c1ccc(CO)cc1. The molecule has 5 unspecified atom stereocenters. The largest absolute Gasteiger partial charge is 0.457 e. The molecule has 2 aliphatic heterocycles. The third-order valence-corrected chi connectivity index (χ3v) is 10.2. The molecule has 53 heavy (non-hydrogen) atoms. The van der Waals surface area contributed by atoms with E-state index in [0.29, 0.717) is 18.0 Å². The summed E-state index contributed by atoms with van der Waals surface area (Å²) in [6.07, 6.45) is 1.21. The molecule has 9 nitrogen and oxygen atoms in total. The topological polar surface area (TPSA) is 113 Å². The molecule has 2 heterocycles. The second-order valence-electron chi connectivity index (χ2n) is 13.9. The van der Waals surface area contributed by atoms with E-state index in [-0.39, 0.29) is 43.4 Å². The number of hydrogen-bond donors (Lipinski definition) is 4. The van der Waals surface area contributed by atoms with Gasteiger partial charge < -0.3 is 35.1 Å². The number of amides is 2. The van der Waals surface area contributed by atoms with E-state index >= 15 is 0 Å². The lowest BCUT2D eigenvalue weighted by atomic mass is 9.89. The number of aliphatic hydroxyl groups excluding tert-OH is 2. The van der Waals surface area contributed by atoms with Crippen molar-refractivity contribution in [2.45, 2.75) is 57.5 Å². The van der Waals surface area contributed by atoms with E-state index in [1.54, 1.807) is 0 Å². The highest BCUT2D eigenvalue weighted by Crippen LogP contribution is 2.42. The van der Waals surface area contributed by atoms with E-state index in [2.05, 4.69) is 58.9 Å². The summed E-state index contributed by atoms with van der Waals surface area (Å²) in [5.74, 6) is 1.51. The molecular formula is C44H47N3O6. The summed E-state index contributed by atoms with van der Waals surface area (Å²) in [6.45, 7) is 4.36. The minimum absolute atomic E-state index is 0.00403. The molecule has 2 aliphatic rings. The molecule has 0 radical (unpaired) electrons. The first-order valence-corrected chi connectivity index (χ1v) is 18.4. The van der Waals surface area contributed by atoms with Gasteiger partial charge in [-0.25, -0.2) is 4.79 Å². The van der Waals surface area contributed by atoms with Gasteiger partial charge in [0.15, 0.2) is 6.29 Å². The Labute approximate surface area is 311 Å². The fraction of sp³-hybridized carbons (Fsp3) is 0.295. The Balaban J connectivity index is 0.988. The average Bonchev–Trinajstić information content (AvgIpc) is 3.66. The van der Waals surface area contributed by atoms with Crippen LogP contribution in [0.4, 0.5) is 10.5 Å². The molecule has 2 amide bonds. The van der Waals surface area contributed by atoms with Crippen LogP contribution in [0.25, 0.3) is 11.1 Å². The zero-order valence-corrected chi connectivity index (χ0v) is 29.9. The summed E-state index contributed by atoms with van der Waals surface area (Å²) < 4.78 is 19.2. The first-order chi connectivity index (χ1) is 25.9. The molecule has 0 saturated carbocycles. The molecule has 5 aromatic rings. The quantitative estimate of drug-likeness (QED) is 0.103. The molecular weight excluding hydrogens is 666 g/mol. The number of hydrogen-bond acceptors (Lipinski definition) is 7. The van der Waals surface area contributed by atoms with Crippen molar-refractivity contribution in [1.82, 2.24) is 10.2 Å². The molecule has 9 heteroatoms. The van der Waals surface area contributed by atoms with Crippen molar-refractivity contribution < 1.29 is 29.2 Å². The smallest absolute Gasteiger partial charge is 0.319 e. The maximum absolute atomic E-state index is 12.7. The lowest BCUT2D eigenvalue weighted by Gasteiger charge is -2.43. The van der Waals surface area contributed by atoms with Gasteiger partial charge in [-0.2, -0.15) is 0 Å². The fourth-order valence-electron chi connectivity index (χ4n) is 7.18. The van der Waals surface area contributed by atoms with Crippen LogP contribution in [0.2, 0.25) is 0 Å². The van der Waals surface area contributed by atoms with Crippen LogP contribution < -0.4 is 15.4 Å². The number of anilines is 1. The summed E-state index contributed by atoms with van der Waals surface area (Å²) in [4.78, 5) is 15.1. The maximum Gasteiger partial charge on any atom is 0.319 e. The number of carbonyl (C=O) groups excluding carboxylic acids is 1. The van der Waals surface area contributed by atoms with Gasteiger partial charge >= 0.3 is 6.03 Å². The Morgan fingerprint density at radius 2 is 1.53 bits per heavy atom. The molecule has 2 saturated heterocycles. The van der Waals surface area contributed by atoms with E-state index in [4.69, 9.17) is 14.2 Å². The predicted octanol–water partition coefficient (Wildman–Crippen LogP) is 8.21. The van der Waals surface area contributed by atoms with Crippen LogP contribution in [-0.2, 0) is 22.6 Å². The number of carbonyl (C=O) groups is 1. The number of urea groups is 1. The highest BCUT2D eigenvalue weighted by atomic mass is 16.7. The molecule has 2 fully saturated rings. The molecule has 0 aliphatic carbocycles. The normalized spacial score (nSPS) is 21.6. The van der Waals surface area contributed by atoms with Gasteiger partial charge in [0.1, 0.15) is 11.5 Å². The van der Waals surface area contributed by atoms with Crippen LogP contribution in [0.3, 0.4) is 0 Å². The molecule has 0 spiro atoms. The van der Waals surface area contributed by atoms with Gasteiger partial charge in [0.25, 0.3) is 0 Å². The number of nitrogens with one attached hydrogen (secondary N) is 2. The average molecular weight is 714 g/mol. The minimum Gasteiger partial charge on any atom is -0.457 e. The van der Waals surface area contributed by atoms with Crippen molar-refractivity contribution in [2.24, 2.45) is 5.92 Å². The Hall–Kier alpha value is -5.03. The van der Waals surface area contributed by atoms with Gasteiger partial charge in [-0.1, -0.05) is 91.9 Å². The van der Waals surface area contributed by atoms with Crippen LogP contribution in [-0.4, -0.2) is 53.0 Å². The number of likely N-dealkylation sites (tertiary alicyclic amines) is 1. The highest BCUT2D eigenvalue weighted by Gasteiger charge is 2.40. The van der Waals surface area contributed by atoms with Crippen LogP contribution in [0.5, 0.6) is 11.5 Å². The zero-order chi connectivity index (χ0) is 36.6. The van der Waals surface area contributed by atoms with Crippen molar-refractivity contribution in [1.29, 1.82) is 0 Å². The molecule has 5 aromatic carbocycles. The molecule has 0 bridgehead atoms. The lowest BCUT2D eigenvalue weighted by Crippen LogP contribution is -2.46. The van der Waals surface area contributed by atoms with Gasteiger partial charge in [0.2, 0.25) is 0 Å². The Bertz CT molecular complexity index is 1920. The molecule has 4 N–H and O–H groups in total. The second-order valence-corrected chi connectivity index (χ2v) is 13.9. The summed E-state index contributed by atoms with van der Waals surface area (Å²) >= 11 is 0. The van der Waals surface area contributed by atoms with Crippen LogP contribution >= 0.6 is 0 Å². The third kappa shape index (κ3) is 9.14.